The molecular weight excluding hydrogens is 184 g/mol. The Hall–Kier alpha value is -1.70. The zero-order valence-corrected chi connectivity index (χ0v) is 9.28. The third kappa shape index (κ3) is 1.89. The lowest BCUT2D eigenvalue weighted by molar-refractivity contribution is 1.11. The molecule has 0 bridgehead atoms. The predicted octanol–water partition coefficient (Wildman–Crippen LogP) is 3.07. The second-order valence-corrected chi connectivity index (χ2v) is 3.75. The minimum atomic E-state index is 0.934. The summed E-state index contributed by atoms with van der Waals surface area (Å²) in [6.45, 7) is 6.24. The molecule has 0 aliphatic rings. The summed E-state index contributed by atoms with van der Waals surface area (Å²) in [6, 6.07) is 7.97. The van der Waals surface area contributed by atoms with E-state index in [4.69, 9.17) is 0 Å². The van der Waals surface area contributed by atoms with Crippen molar-refractivity contribution in [2.75, 3.05) is 0 Å². The number of aryl methyl sites for hydroxylation is 2. The fourth-order valence-electron chi connectivity index (χ4n) is 1.54. The van der Waals surface area contributed by atoms with Crippen LogP contribution in [0, 0.1) is 20.8 Å². The first-order valence-corrected chi connectivity index (χ1v) is 5.05. The molecule has 76 valence electrons. The Kier molecular flexibility index (Phi) is 2.50. The maximum atomic E-state index is 4.54. The second-order valence-electron chi connectivity index (χ2n) is 3.75. The van der Waals surface area contributed by atoms with E-state index >= 15 is 0 Å². The average Bonchev–Trinajstić information content (AvgIpc) is 2.26. The Morgan fingerprint density at radius 2 is 1.80 bits per heavy atom. The molecule has 15 heavy (non-hydrogen) atoms. The van der Waals surface area contributed by atoms with Crippen molar-refractivity contribution in [3.63, 3.8) is 0 Å². The highest BCUT2D eigenvalue weighted by molar-refractivity contribution is 5.56. The number of pyridine rings is 2. The van der Waals surface area contributed by atoms with Gasteiger partial charge in [-0.25, -0.2) is 0 Å². The first kappa shape index (κ1) is 9.84. The lowest BCUT2D eigenvalue weighted by Crippen LogP contribution is -1.95. The van der Waals surface area contributed by atoms with Crippen LogP contribution in [0.5, 0.6) is 0 Å². The van der Waals surface area contributed by atoms with Gasteiger partial charge >= 0.3 is 0 Å². The van der Waals surface area contributed by atoms with Crippen molar-refractivity contribution in [1.29, 1.82) is 0 Å². The molecule has 2 heteroatoms. The normalized spacial score (nSPS) is 10.3. The maximum Gasteiger partial charge on any atom is 0.0892 e. The molecule has 0 unspecified atom stereocenters. The standard InChI is InChI=1S/C13H14N2/c1-9-8-13(15-11(3)10(9)2)12-6-4-5-7-14-12/h4-8H,1-3H3. The fourth-order valence-corrected chi connectivity index (χ4v) is 1.54. The van der Waals surface area contributed by atoms with Gasteiger partial charge in [0.15, 0.2) is 0 Å². The van der Waals surface area contributed by atoms with Crippen LogP contribution in [-0.2, 0) is 0 Å². The van der Waals surface area contributed by atoms with Crippen molar-refractivity contribution < 1.29 is 0 Å². The van der Waals surface area contributed by atoms with Crippen molar-refractivity contribution in [3.8, 4) is 11.4 Å². The van der Waals surface area contributed by atoms with E-state index in [9.17, 15) is 0 Å². The van der Waals surface area contributed by atoms with Gasteiger partial charge in [-0.3, -0.25) is 9.97 Å². The molecule has 0 N–H and O–H groups in total. The van der Waals surface area contributed by atoms with E-state index in [2.05, 4.69) is 29.9 Å². The van der Waals surface area contributed by atoms with Gasteiger partial charge in [-0.1, -0.05) is 6.07 Å². The molecule has 0 aliphatic heterocycles. The second kappa shape index (κ2) is 3.81. The Balaban J connectivity index is 2.56. The first-order valence-electron chi connectivity index (χ1n) is 5.05. The summed E-state index contributed by atoms with van der Waals surface area (Å²) in [5.41, 5.74) is 5.49. The molecule has 0 spiro atoms. The summed E-state index contributed by atoms with van der Waals surface area (Å²) in [5, 5.41) is 0. The third-order valence-electron chi connectivity index (χ3n) is 2.70. The summed E-state index contributed by atoms with van der Waals surface area (Å²) in [6.07, 6.45) is 1.79. The molecule has 2 nitrogen and oxygen atoms in total. The lowest BCUT2D eigenvalue weighted by Gasteiger charge is -2.07. The summed E-state index contributed by atoms with van der Waals surface area (Å²) < 4.78 is 0. The van der Waals surface area contributed by atoms with Crippen LogP contribution >= 0.6 is 0 Å². The topological polar surface area (TPSA) is 25.8 Å². The van der Waals surface area contributed by atoms with Gasteiger partial charge in [-0.05, 0) is 50.1 Å². The molecule has 0 saturated heterocycles. The van der Waals surface area contributed by atoms with Gasteiger partial charge in [0, 0.05) is 11.9 Å². The molecule has 2 aromatic heterocycles. The molecule has 0 atom stereocenters. The van der Waals surface area contributed by atoms with E-state index in [0.29, 0.717) is 0 Å². The van der Waals surface area contributed by atoms with Gasteiger partial charge in [0.05, 0.1) is 11.4 Å². The van der Waals surface area contributed by atoms with Gasteiger partial charge in [0.25, 0.3) is 0 Å². The van der Waals surface area contributed by atoms with Gasteiger partial charge in [-0.15, -0.1) is 0 Å². The summed E-state index contributed by atoms with van der Waals surface area (Å²) in [4.78, 5) is 8.84. The summed E-state index contributed by atoms with van der Waals surface area (Å²) in [7, 11) is 0. The van der Waals surface area contributed by atoms with Crippen LogP contribution in [-0.4, -0.2) is 9.97 Å². The number of hydrogen-bond acceptors (Lipinski definition) is 2. The van der Waals surface area contributed by atoms with Gasteiger partial charge in [0.2, 0.25) is 0 Å². The number of aromatic nitrogens is 2. The molecule has 2 heterocycles. The van der Waals surface area contributed by atoms with E-state index in [0.717, 1.165) is 17.1 Å². The number of nitrogens with zero attached hydrogens (tertiary/aromatic N) is 2. The SMILES string of the molecule is Cc1cc(-c2ccccn2)nc(C)c1C. The molecule has 0 aromatic carbocycles. The summed E-state index contributed by atoms with van der Waals surface area (Å²) in [5.74, 6) is 0. The lowest BCUT2D eigenvalue weighted by atomic mass is 10.1. The highest BCUT2D eigenvalue weighted by atomic mass is 14.8. The smallest absolute Gasteiger partial charge is 0.0892 e. The number of rotatable bonds is 1. The molecule has 0 fully saturated rings. The quantitative estimate of drug-likeness (QED) is 0.703. The highest BCUT2D eigenvalue weighted by Gasteiger charge is 2.04. The van der Waals surface area contributed by atoms with Crippen LogP contribution in [0.1, 0.15) is 16.8 Å². The molecule has 0 aliphatic carbocycles. The average molecular weight is 198 g/mol. The van der Waals surface area contributed by atoms with E-state index in [1.165, 1.54) is 11.1 Å². The molecule has 0 amide bonds. The molecule has 0 radical (unpaired) electrons. The van der Waals surface area contributed by atoms with Crippen LogP contribution in [0.2, 0.25) is 0 Å². The van der Waals surface area contributed by atoms with Crippen molar-refractivity contribution in [2.45, 2.75) is 20.8 Å². The Morgan fingerprint density at radius 3 is 2.40 bits per heavy atom. The number of hydrogen-bond donors (Lipinski definition) is 0. The Bertz CT molecular complexity index is 452. The van der Waals surface area contributed by atoms with Crippen LogP contribution in [0.4, 0.5) is 0 Å². The highest BCUT2D eigenvalue weighted by Crippen LogP contribution is 2.19. The zero-order chi connectivity index (χ0) is 10.8. The maximum absolute atomic E-state index is 4.54. The molecule has 2 rings (SSSR count). The largest absolute Gasteiger partial charge is 0.255 e. The van der Waals surface area contributed by atoms with Crippen LogP contribution in [0.25, 0.3) is 11.4 Å². The van der Waals surface area contributed by atoms with E-state index in [-0.39, 0.29) is 0 Å². The van der Waals surface area contributed by atoms with Gasteiger partial charge in [0.1, 0.15) is 0 Å². The van der Waals surface area contributed by atoms with E-state index in [1.54, 1.807) is 6.20 Å². The van der Waals surface area contributed by atoms with Gasteiger partial charge in [-0.2, -0.15) is 0 Å². The Morgan fingerprint density at radius 1 is 1.00 bits per heavy atom. The predicted molar refractivity (Wildman–Crippen MR) is 61.7 cm³/mol. The van der Waals surface area contributed by atoms with Crippen molar-refractivity contribution in [1.82, 2.24) is 9.97 Å². The monoisotopic (exact) mass is 198 g/mol. The van der Waals surface area contributed by atoms with Gasteiger partial charge < -0.3 is 0 Å². The molecule has 2 aromatic rings. The van der Waals surface area contributed by atoms with Crippen LogP contribution < -0.4 is 0 Å². The summed E-state index contributed by atoms with van der Waals surface area (Å²) >= 11 is 0. The fraction of sp³-hybridized carbons (Fsp3) is 0.231. The first-order chi connectivity index (χ1) is 7.18. The van der Waals surface area contributed by atoms with E-state index < -0.39 is 0 Å². The Labute approximate surface area is 90.0 Å². The third-order valence-corrected chi connectivity index (χ3v) is 2.70. The zero-order valence-electron chi connectivity index (χ0n) is 9.28. The molecular formula is C13H14N2. The van der Waals surface area contributed by atoms with Crippen molar-refractivity contribution in [2.24, 2.45) is 0 Å². The van der Waals surface area contributed by atoms with Crippen molar-refractivity contribution >= 4 is 0 Å². The minimum Gasteiger partial charge on any atom is -0.255 e. The minimum absolute atomic E-state index is 0.934. The molecule has 0 saturated carbocycles. The van der Waals surface area contributed by atoms with Crippen LogP contribution in [0.15, 0.2) is 30.5 Å². The van der Waals surface area contributed by atoms with Crippen molar-refractivity contribution in [3.05, 3.63) is 47.3 Å². The van der Waals surface area contributed by atoms with E-state index in [1.807, 2.05) is 25.1 Å². The van der Waals surface area contributed by atoms with Crippen LogP contribution in [0.3, 0.4) is 0 Å².